The second-order valence-corrected chi connectivity index (χ2v) is 6.40. The molecule has 0 radical (unpaired) electrons. The lowest BCUT2D eigenvalue weighted by atomic mass is 10.0. The fourth-order valence-corrected chi connectivity index (χ4v) is 3.76. The van der Waals surface area contributed by atoms with Crippen LogP contribution in [0.4, 0.5) is 0 Å². The van der Waals surface area contributed by atoms with E-state index in [0.717, 1.165) is 25.7 Å². The Morgan fingerprint density at radius 3 is 2.50 bits per heavy atom. The van der Waals surface area contributed by atoms with Crippen molar-refractivity contribution in [3.8, 4) is 0 Å². The van der Waals surface area contributed by atoms with Gasteiger partial charge in [0.1, 0.15) is 6.10 Å². The lowest BCUT2D eigenvalue weighted by Gasteiger charge is -2.22. The Morgan fingerprint density at radius 1 is 1.27 bits per heavy atom. The van der Waals surface area contributed by atoms with Crippen LogP contribution in [0.2, 0.25) is 10.0 Å². The predicted molar refractivity (Wildman–Crippen MR) is 83.0 cm³/mol. The highest BCUT2D eigenvalue weighted by atomic mass is 35.5. The van der Waals surface area contributed by atoms with Gasteiger partial charge in [-0.1, -0.05) is 29.3 Å². The van der Waals surface area contributed by atoms with Gasteiger partial charge in [-0.2, -0.15) is 0 Å². The SMILES string of the molecule is CCOC(=O)[C@H]1OC2(CCCC2)OC1c1c(Cl)cccc1Cl. The van der Waals surface area contributed by atoms with Crippen LogP contribution < -0.4 is 0 Å². The Morgan fingerprint density at radius 2 is 1.91 bits per heavy atom. The molecule has 2 fully saturated rings. The molecule has 0 aromatic heterocycles. The van der Waals surface area contributed by atoms with E-state index in [1.807, 2.05) is 0 Å². The highest BCUT2D eigenvalue weighted by Gasteiger charge is 2.53. The Kier molecular flexibility index (Phi) is 4.64. The van der Waals surface area contributed by atoms with Gasteiger partial charge in [0.05, 0.1) is 6.61 Å². The lowest BCUT2D eigenvalue weighted by Crippen LogP contribution is -2.31. The van der Waals surface area contributed by atoms with Gasteiger partial charge in [0.25, 0.3) is 0 Å². The molecule has 1 aliphatic carbocycles. The van der Waals surface area contributed by atoms with E-state index in [0.29, 0.717) is 15.6 Å². The van der Waals surface area contributed by atoms with Crippen LogP contribution in [0.1, 0.15) is 44.3 Å². The number of hydrogen-bond donors (Lipinski definition) is 0. The summed E-state index contributed by atoms with van der Waals surface area (Å²) < 4.78 is 17.3. The molecule has 0 amide bonds. The maximum atomic E-state index is 12.3. The van der Waals surface area contributed by atoms with Crippen LogP contribution in [0.3, 0.4) is 0 Å². The van der Waals surface area contributed by atoms with Crippen LogP contribution in [0.15, 0.2) is 18.2 Å². The van der Waals surface area contributed by atoms with E-state index in [1.165, 1.54) is 0 Å². The Labute approximate surface area is 139 Å². The number of carbonyl (C=O) groups is 1. The minimum atomic E-state index is -0.838. The van der Waals surface area contributed by atoms with Crippen molar-refractivity contribution >= 4 is 29.2 Å². The van der Waals surface area contributed by atoms with E-state index in [-0.39, 0.29) is 6.61 Å². The first-order valence-electron chi connectivity index (χ1n) is 7.52. The number of rotatable bonds is 3. The van der Waals surface area contributed by atoms with Gasteiger partial charge in [-0.15, -0.1) is 0 Å². The summed E-state index contributed by atoms with van der Waals surface area (Å²) in [5, 5.41) is 0.927. The molecule has 1 aliphatic heterocycles. The molecule has 1 heterocycles. The molecule has 6 heteroatoms. The zero-order valence-electron chi connectivity index (χ0n) is 12.3. The van der Waals surface area contributed by atoms with Crippen LogP contribution in [0, 0.1) is 0 Å². The molecule has 3 rings (SSSR count). The Hall–Kier alpha value is -0.810. The van der Waals surface area contributed by atoms with Crippen LogP contribution >= 0.6 is 23.2 Å². The molecule has 1 spiro atoms. The third-order valence-electron chi connectivity index (χ3n) is 4.13. The van der Waals surface area contributed by atoms with Crippen molar-refractivity contribution in [2.75, 3.05) is 6.61 Å². The second kappa shape index (κ2) is 6.36. The average Bonchev–Trinajstić information content (AvgIpc) is 3.07. The smallest absolute Gasteiger partial charge is 0.338 e. The first-order valence-corrected chi connectivity index (χ1v) is 8.28. The van der Waals surface area contributed by atoms with E-state index in [1.54, 1.807) is 25.1 Å². The van der Waals surface area contributed by atoms with Crippen molar-refractivity contribution in [3.05, 3.63) is 33.8 Å². The summed E-state index contributed by atoms with van der Waals surface area (Å²) in [5.74, 6) is -1.16. The standard InChI is InChI=1S/C16H18Cl2O4/c1-2-20-15(19)14-13(12-10(17)6-5-7-11(12)18)21-16(22-14)8-3-4-9-16/h5-7,13-14H,2-4,8-9H2,1H3/t13?,14-/m0/s1. The molecule has 4 nitrogen and oxygen atoms in total. The molecule has 22 heavy (non-hydrogen) atoms. The highest BCUT2D eigenvalue weighted by molar-refractivity contribution is 6.36. The zero-order valence-corrected chi connectivity index (χ0v) is 13.8. The van der Waals surface area contributed by atoms with Gasteiger partial charge in [0.15, 0.2) is 11.9 Å². The van der Waals surface area contributed by atoms with Crippen molar-refractivity contribution in [1.82, 2.24) is 0 Å². The monoisotopic (exact) mass is 344 g/mol. The lowest BCUT2D eigenvalue weighted by molar-refractivity contribution is -0.181. The maximum absolute atomic E-state index is 12.3. The predicted octanol–water partition coefficient (Wildman–Crippen LogP) is 4.28. The molecule has 1 saturated carbocycles. The van der Waals surface area contributed by atoms with Gasteiger partial charge in [0.2, 0.25) is 0 Å². The van der Waals surface area contributed by atoms with Crippen LogP contribution in [0.5, 0.6) is 0 Å². The van der Waals surface area contributed by atoms with Gasteiger partial charge < -0.3 is 14.2 Å². The van der Waals surface area contributed by atoms with Gasteiger partial charge in [-0.05, 0) is 31.9 Å². The van der Waals surface area contributed by atoms with Crippen LogP contribution in [-0.4, -0.2) is 24.5 Å². The molecule has 0 bridgehead atoms. The third kappa shape index (κ3) is 2.85. The number of benzene rings is 1. The zero-order chi connectivity index (χ0) is 15.7. The van der Waals surface area contributed by atoms with Gasteiger partial charge >= 0.3 is 5.97 Å². The first kappa shape index (κ1) is 16.1. The van der Waals surface area contributed by atoms with E-state index in [2.05, 4.69) is 0 Å². The molecular weight excluding hydrogens is 327 g/mol. The summed E-state index contributed by atoms with van der Waals surface area (Å²) >= 11 is 12.6. The fourth-order valence-electron chi connectivity index (χ4n) is 3.15. The molecule has 1 aromatic carbocycles. The minimum absolute atomic E-state index is 0.286. The fraction of sp³-hybridized carbons (Fsp3) is 0.562. The first-order chi connectivity index (χ1) is 10.6. The summed E-state index contributed by atoms with van der Waals surface area (Å²) in [4.78, 5) is 12.3. The number of esters is 1. The third-order valence-corrected chi connectivity index (χ3v) is 4.79. The van der Waals surface area contributed by atoms with E-state index in [9.17, 15) is 4.79 Å². The molecule has 1 aromatic rings. The van der Waals surface area contributed by atoms with Crippen molar-refractivity contribution < 1.29 is 19.0 Å². The number of hydrogen-bond acceptors (Lipinski definition) is 4. The Balaban J connectivity index is 1.97. The van der Waals surface area contributed by atoms with E-state index in [4.69, 9.17) is 37.4 Å². The number of ether oxygens (including phenoxy) is 3. The quantitative estimate of drug-likeness (QED) is 0.767. The highest BCUT2D eigenvalue weighted by Crippen LogP contribution is 2.49. The van der Waals surface area contributed by atoms with E-state index >= 15 is 0 Å². The average molecular weight is 345 g/mol. The maximum Gasteiger partial charge on any atom is 0.338 e. The summed E-state index contributed by atoms with van der Waals surface area (Å²) in [6.45, 7) is 2.05. The largest absolute Gasteiger partial charge is 0.464 e. The topological polar surface area (TPSA) is 44.8 Å². The van der Waals surface area contributed by atoms with Crippen molar-refractivity contribution in [1.29, 1.82) is 0 Å². The summed E-state index contributed by atoms with van der Waals surface area (Å²) in [6.07, 6.45) is 2.08. The van der Waals surface area contributed by atoms with Gasteiger partial charge in [-0.3, -0.25) is 0 Å². The summed E-state index contributed by atoms with van der Waals surface area (Å²) in [5.41, 5.74) is 0.590. The molecule has 0 N–H and O–H groups in total. The normalized spacial score (nSPS) is 26.5. The number of halogens is 2. The molecule has 1 saturated heterocycles. The molecular formula is C16H18Cl2O4. The van der Waals surface area contributed by atoms with Crippen molar-refractivity contribution in [3.63, 3.8) is 0 Å². The van der Waals surface area contributed by atoms with Gasteiger partial charge in [0, 0.05) is 28.5 Å². The number of carbonyl (C=O) groups excluding carboxylic acids is 1. The molecule has 120 valence electrons. The summed E-state index contributed by atoms with van der Waals surface area (Å²) in [7, 11) is 0. The molecule has 1 unspecified atom stereocenters. The van der Waals surface area contributed by atoms with Crippen LogP contribution in [0.25, 0.3) is 0 Å². The van der Waals surface area contributed by atoms with Crippen molar-refractivity contribution in [2.24, 2.45) is 0 Å². The van der Waals surface area contributed by atoms with E-state index < -0.39 is 24.0 Å². The Bertz CT molecular complexity index is 549. The summed E-state index contributed by atoms with van der Waals surface area (Å²) in [6, 6.07) is 5.22. The van der Waals surface area contributed by atoms with Crippen molar-refractivity contribution in [2.45, 2.75) is 50.6 Å². The molecule has 2 atom stereocenters. The molecule has 2 aliphatic rings. The van der Waals surface area contributed by atoms with Crippen LogP contribution in [-0.2, 0) is 19.0 Å². The van der Waals surface area contributed by atoms with Gasteiger partial charge in [-0.25, -0.2) is 4.79 Å². The minimum Gasteiger partial charge on any atom is -0.464 e. The second-order valence-electron chi connectivity index (χ2n) is 5.58.